The maximum atomic E-state index is 13.3. The average molecular weight is 275 g/mol. The van der Waals surface area contributed by atoms with Crippen molar-refractivity contribution in [2.75, 3.05) is 5.73 Å². The summed E-state index contributed by atoms with van der Waals surface area (Å²) >= 11 is 1.78. The van der Waals surface area contributed by atoms with Gasteiger partial charge < -0.3 is 5.73 Å². The predicted octanol–water partition coefficient (Wildman–Crippen LogP) is 4.46. The summed E-state index contributed by atoms with van der Waals surface area (Å²) in [6.07, 6.45) is 0. The number of thioether (sulfide) groups is 1. The van der Waals surface area contributed by atoms with Crippen molar-refractivity contribution in [3.05, 3.63) is 64.5 Å². The minimum Gasteiger partial charge on any atom is -0.396 e. The number of nitrogens with two attached hydrogens (primary N) is 1. The van der Waals surface area contributed by atoms with Crippen LogP contribution in [0, 0.1) is 19.7 Å². The molecule has 0 radical (unpaired) electrons. The van der Waals surface area contributed by atoms with Crippen LogP contribution in [0.25, 0.3) is 0 Å². The molecule has 0 amide bonds. The van der Waals surface area contributed by atoms with Crippen LogP contribution in [-0.4, -0.2) is 0 Å². The molecule has 0 atom stereocenters. The van der Waals surface area contributed by atoms with Crippen molar-refractivity contribution in [1.82, 2.24) is 0 Å². The Bertz CT molecular complexity index is 561. The van der Waals surface area contributed by atoms with Crippen LogP contribution in [-0.2, 0) is 11.5 Å². The molecule has 0 spiro atoms. The number of hydrogen-bond donors (Lipinski definition) is 1. The summed E-state index contributed by atoms with van der Waals surface area (Å²) < 4.78 is 13.3. The third-order valence-corrected chi connectivity index (χ3v) is 3.96. The second-order valence-electron chi connectivity index (χ2n) is 4.84. The van der Waals surface area contributed by atoms with Crippen molar-refractivity contribution < 1.29 is 4.39 Å². The zero-order chi connectivity index (χ0) is 13.8. The molecular formula is C16H18FNS. The minimum absolute atomic E-state index is 0.211. The Morgan fingerprint density at radius 3 is 2.21 bits per heavy atom. The van der Waals surface area contributed by atoms with Gasteiger partial charge in [0, 0.05) is 11.5 Å². The van der Waals surface area contributed by atoms with Gasteiger partial charge in [0.15, 0.2) is 0 Å². The van der Waals surface area contributed by atoms with Crippen LogP contribution in [0.4, 0.5) is 10.1 Å². The van der Waals surface area contributed by atoms with Crippen molar-refractivity contribution in [2.24, 2.45) is 0 Å². The molecule has 0 fully saturated rings. The molecule has 100 valence electrons. The van der Waals surface area contributed by atoms with Crippen LogP contribution >= 0.6 is 11.8 Å². The fourth-order valence-corrected chi connectivity index (χ4v) is 3.02. The molecule has 19 heavy (non-hydrogen) atoms. The van der Waals surface area contributed by atoms with E-state index in [-0.39, 0.29) is 11.5 Å². The van der Waals surface area contributed by atoms with Gasteiger partial charge in [0.1, 0.15) is 5.82 Å². The van der Waals surface area contributed by atoms with Crippen LogP contribution in [0.15, 0.2) is 36.4 Å². The van der Waals surface area contributed by atoms with Crippen molar-refractivity contribution in [3.63, 3.8) is 0 Å². The Kier molecular flexibility index (Phi) is 4.48. The Labute approximate surface area is 118 Å². The largest absolute Gasteiger partial charge is 0.396 e. The fourth-order valence-electron chi connectivity index (χ4n) is 2.10. The summed E-state index contributed by atoms with van der Waals surface area (Å²) in [6, 6.07) is 11.6. The highest BCUT2D eigenvalue weighted by atomic mass is 32.2. The lowest BCUT2D eigenvalue weighted by Crippen LogP contribution is -1.92. The predicted molar refractivity (Wildman–Crippen MR) is 81.7 cm³/mol. The van der Waals surface area contributed by atoms with Gasteiger partial charge in [-0.3, -0.25) is 0 Å². The van der Waals surface area contributed by atoms with E-state index in [0.717, 1.165) is 17.1 Å². The van der Waals surface area contributed by atoms with Crippen molar-refractivity contribution in [3.8, 4) is 0 Å². The van der Waals surface area contributed by atoms with E-state index >= 15 is 0 Å². The lowest BCUT2D eigenvalue weighted by Gasteiger charge is -2.06. The number of aryl methyl sites for hydroxylation is 2. The van der Waals surface area contributed by atoms with E-state index in [1.807, 2.05) is 6.07 Å². The summed E-state index contributed by atoms with van der Waals surface area (Å²) in [5, 5.41) is 0. The van der Waals surface area contributed by atoms with Crippen molar-refractivity contribution in [1.29, 1.82) is 0 Å². The Morgan fingerprint density at radius 2 is 1.58 bits per heavy atom. The number of hydrogen-bond acceptors (Lipinski definition) is 2. The van der Waals surface area contributed by atoms with Gasteiger partial charge in [-0.25, -0.2) is 4.39 Å². The highest BCUT2D eigenvalue weighted by Gasteiger charge is 2.01. The maximum Gasteiger partial charge on any atom is 0.146 e. The molecular weight excluding hydrogens is 257 g/mol. The third-order valence-electron chi connectivity index (χ3n) is 2.88. The molecule has 0 aliphatic rings. The summed E-state index contributed by atoms with van der Waals surface area (Å²) in [7, 11) is 0. The van der Waals surface area contributed by atoms with Gasteiger partial charge in [0.2, 0.25) is 0 Å². The maximum absolute atomic E-state index is 13.3. The molecule has 0 saturated carbocycles. The molecule has 0 unspecified atom stereocenters. The van der Waals surface area contributed by atoms with E-state index in [1.165, 1.54) is 22.8 Å². The average Bonchev–Trinajstić information content (AvgIpc) is 2.32. The van der Waals surface area contributed by atoms with E-state index < -0.39 is 0 Å². The second kappa shape index (κ2) is 6.11. The lowest BCUT2D eigenvalue weighted by molar-refractivity contribution is 0.631. The first-order valence-corrected chi connectivity index (χ1v) is 7.39. The molecule has 2 aromatic rings. The normalized spacial score (nSPS) is 10.7. The zero-order valence-corrected chi connectivity index (χ0v) is 12.1. The standard InChI is InChI=1S/C16H18FNS/c1-11-5-12(2)7-14(6-11)10-19-9-13-3-4-16(18)15(17)8-13/h3-8H,9-10,18H2,1-2H3. The molecule has 0 aliphatic heterocycles. The number of anilines is 1. The van der Waals surface area contributed by atoms with Crippen LogP contribution in [0.5, 0.6) is 0 Å². The van der Waals surface area contributed by atoms with Gasteiger partial charge in [-0.15, -0.1) is 0 Å². The molecule has 0 aromatic heterocycles. The van der Waals surface area contributed by atoms with Crippen LogP contribution < -0.4 is 5.73 Å². The molecule has 3 heteroatoms. The van der Waals surface area contributed by atoms with Crippen LogP contribution in [0.3, 0.4) is 0 Å². The Hall–Kier alpha value is -1.48. The molecule has 1 nitrogen and oxygen atoms in total. The number of benzene rings is 2. The van der Waals surface area contributed by atoms with Crippen molar-refractivity contribution in [2.45, 2.75) is 25.4 Å². The number of nitrogen functional groups attached to an aromatic ring is 1. The molecule has 2 aromatic carbocycles. The SMILES string of the molecule is Cc1cc(C)cc(CSCc2ccc(N)c(F)c2)c1. The fraction of sp³-hybridized carbons (Fsp3) is 0.250. The first-order valence-electron chi connectivity index (χ1n) is 6.23. The molecule has 0 saturated heterocycles. The van der Waals surface area contributed by atoms with Gasteiger partial charge >= 0.3 is 0 Å². The van der Waals surface area contributed by atoms with Gasteiger partial charge in [-0.1, -0.05) is 35.4 Å². The molecule has 2 N–H and O–H groups in total. The Morgan fingerprint density at radius 1 is 0.947 bits per heavy atom. The number of halogens is 1. The monoisotopic (exact) mass is 275 g/mol. The molecule has 2 rings (SSSR count). The van der Waals surface area contributed by atoms with Gasteiger partial charge in [-0.05, 0) is 37.1 Å². The quantitative estimate of drug-likeness (QED) is 0.834. The van der Waals surface area contributed by atoms with Crippen molar-refractivity contribution >= 4 is 17.4 Å². The summed E-state index contributed by atoms with van der Waals surface area (Å²) in [5.41, 5.74) is 10.5. The molecule has 0 aliphatic carbocycles. The Balaban J connectivity index is 1.94. The van der Waals surface area contributed by atoms with E-state index in [2.05, 4.69) is 32.0 Å². The minimum atomic E-state index is -0.329. The zero-order valence-electron chi connectivity index (χ0n) is 11.2. The molecule has 0 bridgehead atoms. The lowest BCUT2D eigenvalue weighted by atomic mass is 10.1. The highest BCUT2D eigenvalue weighted by Crippen LogP contribution is 2.21. The van der Waals surface area contributed by atoms with Crippen LogP contribution in [0.2, 0.25) is 0 Å². The van der Waals surface area contributed by atoms with E-state index in [1.54, 1.807) is 17.8 Å². The third kappa shape index (κ3) is 4.00. The van der Waals surface area contributed by atoms with E-state index in [9.17, 15) is 4.39 Å². The number of rotatable bonds is 4. The summed E-state index contributed by atoms with van der Waals surface area (Å²) in [4.78, 5) is 0. The van der Waals surface area contributed by atoms with Gasteiger partial charge in [0.05, 0.1) is 5.69 Å². The van der Waals surface area contributed by atoms with E-state index in [0.29, 0.717) is 0 Å². The summed E-state index contributed by atoms with van der Waals surface area (Å²) in [6.45, 7) is 4.22. The summed E-state index contributed by atoms with van der Waals surface area (Å²) in [5.74, 6) is 1.41. The first kappa shape index (κ1) is 13.9. The second-order valence-corrected chi connectivity index (χ2v) is 5.83. The topological polar surface area (TPSA) is 26.0 Å². The van der Waals surface area contributed by atoms with Gasteiger partial charge in [-0.2, -0.15) is 11.8 Å². The van der Waals surface area contributed by atoms with Gasteiger partial charge in [0.25, 0.3) is 0 Å². The molecule has 0 heterocycles. The highest BCUT2D eigenvalue weighted by molar-refractivity contribution is 7.97. The first-order chi connectivity index (χ1) is 9.04. The smallest absolute Gasteiger partial charge is 0.146 e. The van der Waals surface area contributed by atoms with Crippen LogP contribution in [0.1, 0.15) is 22.3 Å². The van der Waals surface area contributed by atoms with E-state index in [4.69, 9.17) is 5.73 Å².